The molecule has 3 nitrogen and oxygen atoms in total. The van der Waals surface area contributed by atoms with Crippen molar-refractivity contribution in [2.75, 3.05) is 13.9 Å². The van der Waals surface area contributed by atoms with E-state index in [9.17, 15) is 0 Å². The Balaban J connectivity index is 2.77. The minimum atomic E-state index is -1.34. The lowest BCUT2D eigenvalue weighted by Crippen LogP contribution is -2.16. The van der Waals surface area contributed by atoms with E-state index in [2.05, 4.69) is 36.1 Å². The summed E-state index contributed by atoms with van der Waals surface area (Å²) in [5.74, 6) is 3.81. The molecular weight excluding hydrogens is 218 g/mol. The van der Waals surface area contributed by atoms with Crippen LogP contribution in [0.1, 0.15) is 5.56 Å². The van der Waals surface area contributed by atoms with Gasteiger partial charge in [0.25, 0.3) is 0 Å². The summed E-state index contributed by atoms with van der Waals surface area (Å²) < 4.78 is 10.1. The molecule has 1 heterocycles. The quantitative estimate of drug-likeness (QED) is 0.457. The summed E-state index contributed by atoms with van der Waals surface area (Å²) in [7, 11) is 0.248. The topological polar surface area (TPSA) is 31.4 Å². The maximum absolute atomic E-state index is 5.29. The Hall–Kier alpha value is -1.31. The Morgan fingerprint density at radius 2 is 2.06 bits per heavy atom. The van der Waals surface area contributed by atoms with E-state index in [0.29, 0.717) is 5.75 Å². The molecule has 0 saturated heterocycles. The fraction of sp³-hybridized carbons (Fsp3) is 0.417. The average molecular weight is 235 g/mol. The third-order valence-corrected chi connectivity index (χ3v) is 2.51. The second-order valence-electron chi connectivity index (χ2n) is 4.46. The van der Waals surface area contributed by atoms with Crippen molar-refractivity contribution in [1.82, 2.24) is 4.98 Å². The summed E-state index contributed by atoms with van der Waals surface area (Å²) >= 11 is 0. The van der Waals surface area contributed by atoms with Crippen LogP contribution in [0.2, 0.25) is 19.6 Å². The first-order valence-electron chi connectivity index (χ1n) is 5.11. The number of hydrogen-bond acceptors (Lipinski definition) is 3. The molecule has 0 aliphatic heterocycles. The molecule has 0 aromatic carbocycles. The molecule has 86 valence electrons. The maximum Gasteiger partial charge on any atom is 0.188 e. The van der Waals surface area contributed by atoms with Crippen molar-refractivity contribution in [1.29, 1.82) is 0 Å². The van der Waals surface area contributed by atoms with E-state index in [-0.39, 0.29) is 6.79 Å². The van der Waals surface area contributed by atoms with E-state index in [1.807, 2.05) is 6.07 Å². The van der Waals surface area contributed by atoms with Crippen molar-refractivity contribution in [3.63, 3.8) is 0 Å². The molecule has 1 aromatic rings. The monoisotopic (exact) mass is 235 g/mol. The Bertz CT molecular complexity index is 401. The summed E-state index contributed by atoms with van der Waals surface area (Å²) in [6, 6.07) is 1.87. The third kappa shape index (κ3) is 4.96. The summed E-state index contributed by atoms with van der Waals surface area (Å²) in [5, 5.41) is 0. The van der Waals surface area contributed by atoms with Crippen molar-refractivity contribution in [3.8, 4) is 17.2 Å². The maximum atomic E-state index is 5.29. The van der Waals surface area contributed by atoms with Gasteiger partial charge in [-0.3, -0.25) is 4.98 Å². The minimum absolute atomic E-state index is 0.229. The van der Waals surface area contributed by atoms with Crippen LogP contribution in [0.15, 0.2) is 18.5 Å². The zero-order chi connectivity index (χ0) is 12.0. The van der Waals surface area contributed by atoms with E-state index in [1.165, 1.54) is 0 Å². The van der Waals surface area contributed by atoms with Crippen LogP contribution in [0.5, 0.6) is 5.75 Å². The first kappa shape index (κ1) is 12.8. The van der Waals surface area contributed by atoms with Gasteiger partial charge >= 0.3 is 0 Å². The SMILES string of the molecule is COCOc1cncc(C#C[Si](C)(C)C)c1. The van der Waals surface area contributed by atoms with Gasteiger partial charge in [0, 0.05) is 18.9 Å². The highest BCUT2D eigenvalue weighted by atomic mass is 28.3. The molecule has 0 bridgehead atoms. The highest BCUT2D eigenvalue weighted by Crippen LogP contribution is 2.10. The largest absolute Gasteiger partial charge is 0.466 e. The van der Waals surface area contributed by atoms with Gasteiger partial charge in [-0.2, -0.15) is 0 Å². The fourth-order valence-corrected chi connectivity index (χ4v) is 1.47. The number of rotatable bonds is 3. The highest BCUT2D eigenvalue weighted by Gasteiger charge is 2.07. The predicted octanol–water partition coefficient (Wildman–Crippen LogP) is 2.29. The van der Waals surface area contributed by atoms with Crippen molar-refractivity contribution >= 4 is 8.07 Å². The van der Waals surface area contributed by atoms with Crippen LogP contribution in [-0.4, -0.2) is 27.0 Å². The van der Waals surface area contributed by atoms with Crippen LogP contribution in [0.4, 0.5) is 0 Å². The number of aromatic nitrogens is 1. The van der Waals surface area contributed by atoms with Crippen molar-refractivity contribution in [2.45, 2.75) is 19.6 Å². The first-order valence-corrected chi connectivity index (χ1v) is 8.61. The van der Waals surface area contributed by atoms with Gasteiger partial charge in [0.1, 0.15) is 13.8 Å². The fourth-order valence-electron chi connectivity index (χ4n) is 0.953. The average Bonchev–Trinajstić information content (AvgIpc) is 2.23. The number of nitrogens with zero attached hydrogens (tertiary/aromatic N) is 1. The van der Waals surface area contributed by atoms with E-state index in [4.69, 9.17) is 9.47 Å². The molecule has 0 saturated carbocycles. The number of pyridine rings is 1. The molecule has 1 rings (SSSR count). The van der Waals surface area contributed by atoms with Crippen molar-refractivity contribution in [2.24, 2.45) is 0 Å². The van der Waals surface area contributed by atoms with Gasteiger partial charge in [-0.05, 0) is 6.07 Å². The summed E-state index contributed by atoms with van der Waals surface area (Å²) in [5.41, 5.74) is 4.17. The van der Waals surface area contributed by atoms with Crippen LogP contribution < -0.4 is 4.74 Å². The Morgan fingerprint density at radius 3 is 2.69 bits per heavy atom. The second kappa shape index (κ2) is 5.68. The van der Waals surface area contributed by atoms with Gasteiger partial charge in [0.2, 0.25) is 0 Å². The van der Waals surface area contributed by atoms with Gasteiger partial charge in [-0.15, -0.1) is 5.54 Å². The van der Waals surface area contributed by atoms with Gasteiger partial charge in [-0.1, -0.05) is 25.6 Å². The zero-order valence-corrected chi connectivity index (χ0v) is 11.2. The van der Waals surface area contributed by atoms with Gasteiger partial charge in [0.15, 0.2) is 6.79 Å². The Labute approximate surface area is 97.8 Å². The van der Waals surface area contributed by atoms with Gasteiger partial charge in [0.05, 0.1) is 6.20 Å². The molecule has 0 radical (unpaired) electrons. The lowest BCUT2D eigenvalue weighted by Gasteiger charge is -2.05. The van der Waals surface area contributed by atoms with Gasteiger partial charge < -0.3 is 9.47 Å². The molecule has 0 fully saturated rings. The van der Waals surface area contributed by atoms with Crippen molar-refractivity contribution in [3.05, 3.63) is 24.0 Å². The molecule has 0 aliphatic rings. The van der Waals surface area contributed by atoms with Crippen LogP contribution in [0, 0.1) is 11.5 Å². The van der Waals surface area contributed by atoms with Crippen molar-refractivity contribution < 1.29 is 9.47 Å². The third-order valence-electron chi connectivity index (χ3n) is 1.64. The zero-order valence-electron chi connectivity index (χ0n) is 10.2. The first-order chi connectivity index (χ1) is 7.51. The minimum Gasteiger partial charge on any atom is -0.466 e. The molecule has 0 spiro atoms. The predicted molar refractivity (Wildman–Crippen MR) is 67.0 cm³/mol. The number of methoxy groups -OCH3 is 1. The molecule has 1 aromatic heterocycles. The van der Waals surface area contributed by atoms with Crippen LogP contribution >= 0.6 is 0 Å². The summed E-state index contributed by atoms with van der Waals surface area (Å²) in [6.07, 6.45) is 3.39. The lowest BCUT2D eigenvalue weighted by molar-refractivity contribution is 0.0508. The number of ether oxygens (including phenoxy) is 2. The molecule has 0 atom stereocenters. The molecule has 0 N–H and O–H groups in total. The molecule has 0 amide bonds. The van der Waals surface area contributed by atoms with E-state index in [1.54, 1.807) is 19.5 Å². The lowest BCUT2D eigenvalue weighted by atomic mass is 10.3. The second-order valence-corrected chi connectivity index (χ2v) is 9.21. The highest BCUT2D eigenvalue weighted by molar-refractivity contribution is 6.83. The van der Waals surface area contributed by atoms with Crippen LogP contribution in [0.3, 0.4) is 0 Å². The Morgan fingerprint density at radius 1 is 1.31 bits per heavy atom. The van der Waals surface area contributed by atoms with E-state index >= 15 is 0 Å². The normalized spacial score (nSPS) is 10.5. The molecular formula is C12H17NO2Si. The molecule has 0 aliphatic carbocycles. The number of hydrogen-bond donors (Lipinski definition) is 0. The van der Waals surface area contributed by atoms with Gasteiger partial charge in [-0.25, -0.2) is 0 Å². The summed E-state index contributed by atoms with van der Waals surface area (Å²) in [6.45, 7) is 6.85. The molecule has 16 heavy (non-hydrogen) atoms. The van der Waals surface area contributed by atoms with Crippen LogP contribution in [-0.2, 0) is 4.74 Å². The van der Waals surface area contributed by atoms with E-state index in [0.717, 1.165) is 5.56 Å². The Kier molecular flexibility index (Phi) is 4.53. The molecule has 4 heteroatoms. The molecule has 0 unspecified atom stereocenters. The van der Waals surface area contributed by atoms with E-state index < -0.39 is 8.07 Å². The van der Waals surface area contributed by atoms with Crippen LogP contribution in [0.25, 0.3) is 0 Å². The summed E-state index contributed by atoms with van der Waals surface area (Å²) in [4.78, 5) is 4.07. The standard InChI is InChI=1S/C12H17NO2Si/c1-14-10-15-12-7-11(8-13-9-12)5-6-16(2,3)4/h7-9H,10H2,1-4H3. The smallest absolute Gasteiger partial charge is 0.188 e.